The Hall–Kier alpha value is -0.0800. The molecule has 1 aliphatic carbocycles. The summed E-state index contributed by atoms with van der Waals surface area (Å²) < 4.78 is 0. The Morgan fingerprint density at radius 2 is 2.00 bits per heavy atom. The van der Waals surface area contributed by atoms with E-state index in [9.17, 15) is 0 Å². The Kier molecular flexibility index (Phi) is 2.32. The zero-order valence-electron chi connectivity index (χ0n) is 7.06. The Bertz CT molecular complexity index is 100. The highest BCUT2D eigenvalue weighted by molar-refractivity contribution is 4.90. The van der Waals surface area contributed by atoms with Crippen molar-refractivity contribution in [1.29, 1.82) is 0 Å². The second-order valence-corrected chi connectivity index (χ2v) is 3.80. The summed E-state index contributed by atoms with van der Waals surface area (Å²) in [5.41, 5.74) is 6.18. The molecule has 2 N–H and O–H groups in total. The topological polar surface area (TPSA) is 29.3 Å². The fourth-order valence-electron chi connectivity index (χ4n) is 1.77. The van der Waals surface area contributed by atoms with Crippen LogP contribution in [-0.2, 0) is 0 Å². The van der Waals surface area contributed by atoms with Gasteiger partial charge in [-0.1, -0.05) is 6.42 Å². The molecule has 2 heteroatoms. The van der Waals surface area contributed by atoms with Crippen molar-refractivity contribution in [3.8, 4) is 0 Å². The van der Waals surface area contributed by atoms with E-state index >= 15 is 0 Å². The van der Waals surface area contributed by atoms with E-state index in [1.54, 1.807) is 0 Å². The summed E-state index contributed by atoms with van der Waals surface area (Å²) in [6, 6.07) is 0. The van der Waals surface area contributed by atoms with E-state index < -0.39 is 0 Å². The van der Waals surface area contributed by atoms with Crippen LogP contribution in [-0.4, -0.2) is 32.1 Å². The van der Waals surface area contributed by atoms with Crippen LogP contribution in [0.4, 0.5) is 0 Å². The van der Waals surface area contributed by atoms with E-state index in [0.29, 0.717) is 5.41 Å². The van der Waals surface area contributed by atoms with E-state index in [-0.39, 0.29) is 0 Å². The highest BCUT2D eigenvalue weighted by Gasteiger charge is 2.35. The van der Waals surface area contributed by atoms with Crippen molar-refractivity contribution < 1.29 is 0 Å². The molecule has 1 aliphatic rings. The molecule has 0 atom stereocenters. The standard InChI is InChI=1S/C8H18N2/c1-10(2)7-8(6-9)4-3-5-8/h3-7,9H2,1-2H3. The molecule has 0 aromatic rings. The van der Waals surface area contributed by atoms with Crippen molar-refractivity contribution in [3.63, 3.8) is 0 Å². The van der Waals surface area contributed by atoms with Crippen molar-refractivity contribution in [2.45, 2.75) is 19.3 Å². The third-order valence-corrected chi connectivity index (χ3v) is 2.50. The number of hydrogen-bond donors (Lipinski definition) is 1. The molecule has 0 heterocycles. The molecule has 1 rings (SSSR count). The first-order chi connectivity index (χ1) is 4.68. The lowest BCUT2D eigenvalue weighted by Crippen LogP contribution is -2.44. The van der Waals surface area contributed by atoms with Gasteiger partial charge in [0, 0.05) is 6.54 Å². The summed E-state index contributed by atoms with van der Waals surface area (Å²) >= 11 is 0. The first-order valence-corrected chi connectivity index (χ1v) is 4.03. The van der Waals surface area contributed by atoms with Crippen molar-refractivity contribution in [2.24, 2.45) is 11.1 Å². The molecule has 0 amide bonds. The lowest BCUT2D eigenvalue weighted by atomic mass is 9.68. The first-order valence-electron chi connectivity index (χ1n) is 4.03. The summed E-state index contributed by atoms with van der Waals surface area (Å²) in [4.78, 5) is 2.24. The van der Waals surface area contributed by atoms with Gasteiger partial charge >= 0.3 is 0 Å². The Balaban J connectivity index is 2.33. The molecule has 0 saturated heterocycles. The van der Waals surface area contributed by atoms with Crippen LogP contribution >= 0.6 is 0 Å². The van der Waals surface area contributed by atoms with Crippen molar-refractivity contribution >= 4 is 0 Å². The fraction of sp³-hybridized carbons (Fsp3) is 1.00. The monoisotopic (exact) mass is 142 g/mol. The van der Waals surface area contributed by atoms with Crippen LogP contribution in [0.3, 0.4) is 0 Å². The molecular formula is C8H18N2. The normalized spacial score (nSPS) is 22.8. The summed E-state index contributed by atoms with van der Waals surface area (Å²) in [5.74, 6) is 0. The van der Waals surface area contributed by atoms with Crippen LogP contribution < -0.4 is 5.73 Å². The largest absolute Gasteiger partial charge is 0.330 e. The van der Waals surface area contributed by atoms with Gasteiger partial charge in [-0.05, 0) is 38.9 Å². The second kappa shape index (κ2) is 2.89. The van der Waals surface area contributed by atoms with E-state index in [0.717, 1.165) is 6.54 Å². The van der Waals surface area contributed by atoms with Gasteiger partial charge in [0.05, 0.1) is 0 Å². The maximum atomic E-state index is 5.69. The first kappa shape index (κ1) is 8.02. The van der Waals surface area contributed by atoms with E-state index in [4.69, 9.17) is 5.73 Å². The van der Waals surface area contributed by atoms with Gasteiger partial charge in [-0.25, -0.2) is 0 Å². The zero-order valence-corrected chi connectivity index (χ0v) is 7.06. The third-order valence-electron chi connectivity index (χ3n) is 2.50. The molecule has 1 saturated carbocycles. The SMILES string of the molecule is CN(C)CC1(CN)CCC1. The number of nitrogens with two attached hydrogens (primary N) is 1. The van der Waals surface area contributed by atoms with Gasteiger partial charge in [0.25, 0.3) is 0 Å². The zero-order chi connectivity index (χ0) is 7.61. The second-order valence-electron chi connectivity index (χ2n) is 3.80. The van der Waals surface area contributed by atoms with Crippen LogP contribution in [0.2, 0.25) is 0 Å². The molecule has 0 unspecified atom stereocenters. The van der Waals surface area contributed by atoms with Crippen LogP contribution in [0.5, 0.6) is 0 Å². The van der Waals surface area contributed by atoms with Gasteiger partial charge in [0.1, 0.15) is 0 Å². The summed E-state index contributed by atoms with van der Waals surface area (Å²) in [7, 11) is 4.24. The molecule has 0 aliphatic heterocycles. The minimum absolute atomic E-state index is 0.490. The minimum Gasteiger partial charge on any atom is -0.330 e. The van der Waals surface area contributed by atoms with Crippen LogP contribution in [0.1, 0.15) is 19.3 Å². The lowest BCUT2D eigenvalue weighted by Gasteiger charge is -2.42. The molecule has 0 radical (unpaired) electrons. The smallest absolute Gasteiger partial charge is 0.00440 e. The molecule has 0 aromatic carbocycles. The number of rotatable bonds is 3. The average Bonchev–Trinajstić information content (AvgIpc) is 1.78. The maximum Gasteiger partial charge on any atom is 0.00440 e. The quantitative estimate of drug-likeness (QED) is 0.628. The van der Waals surface area contributed by atoms with Crippen LogP contribution in [0, 0.1) is 5.41 Å². The molecule has 1 fully saturated rings. The van der Waals surface area contributed by atoms with Crippen LogP contribution in [0.25, 0.3) is 0 Å². The predicted octanol–water partition coefficient (Wildman–Crippen LogP) is 0.677. The minimum atomic E-state index is 0.490. The molecular weight excluding hydrogens is 124 g/mol. The molecule has 2 nitrogen and oxygen atoms in total. The summed E-state index contributed by atoms with van der Waals surface area (Å²) in [5, 5.41) is 0. The third kappa shape index (κ3) is 1.50. The van der Waals surface area contributed by atoms with Gasteiger partial charge in [-0.15, -0.1) is 0 Å². The van der Waals surface area contributed by atoms with Gasteiger partial charge in [-0.2, -0.15) is 0 Å². The Labute approximate surface area is 63.4 Å². The lowest BCUT2D eigenvalue weighted by molar-refractivity contribution is 0.0991. The van der Waals surface area contributed by atoms with Crippen molar-refractivity contribution in [1.82, 2.24) is 4.90 Å². The fourth-order valence-corrected chi connectivity index (χ4v) is 1.77. The Morgan fingerprint density at radius 3 is 2.10 bits per heavy atom. The molecule has 0 bridgehead atoms. The molecule has 10 heavy (non-hydrogen) atoms. The Morgan fingerprint density at radius 1 is 1.40 bits per heavy atom. The van der Waals surface area contributed by atoms with Gasteiger partial charge in [-0.3, -0.25) is 0 Å². The number of hydrogen-bond acceptors (Lipinski definition) is 2. The molecule has 0 aromatic heterocycles. The van der Waals surface area contributed by atoms with Crippen molar-refractivity contribution in [3.05, 3.63) is 0 Å². The van der Waals surface area contributed by atoms with E-state index in [1.807, 2.05) is 0 Å². The highest BCUT2D eigenvalue weighted by atomic mass is 15.1. The van der Waals surface area contributed by atoms with Crippen molar-refractivity contribution in [2.75, 3.05) is 27.2 Å². The molecule has 0 spiro atoms. The number of nitrogens with zero attached hydrogens (tertiary/aromatic N) is 1. The summed E-state index contributed by atoms with van der Waals surface area (Å²) in [6.45, 7) is 2.04. The van der Waals surface area contributed by atoms with Gasteiger partial charge in [0.15, 0.2) is 0 Å². The maximum absolute atomic E-state index is 5.69. The average molecular weight is 142 g/mol. The highest BCUT2D eigenvalue weighted by Crippen LogP contribution is 2.39. The molecule has 60 valence electrons. The summed E-state index contributed by atoms with van der Waals surface area (Å²) in [6.07, 6.45) is 4.05. The van der Waals surface area contributed by atoms with Crippen LogP contribution in [0.15, 0.2) is 0 Å². The van der Waals surface area contributed by atoms with Gasteiger partial charge < -0.3 is 10.6 Å². The predicted molar refractivity (Wildman–Crippen MR) is 43.9 cm³/mol. The van der Waals surface area contributed by atoms with E-state index in [2.05, 4.69) is 19.0 Å². The van der Waals surface area contributed by atoms with E-state index in [1.165, 1.54) is 25.8 Å². The van der Waals surface area contributed by atoms with Gasteiger partial charge in [0.2, 0.25) is 0 Å².